The maximum absolute atomic E-state index is 11.2. The van der Waals surface area contributed by atoms with Crippen molar-refractivity contribution in [1.29, 1.82) is 0 Å². The molecule has 2 N–H and O–H groups in total. The minimum Gasteiger partial charge on any atom is -0.481 e. The fraction of sp³-hybridized carbons (Fsp3) is 0.500. The first-order valence-corrected chi connectivity index (χ1v) is 6.32. The fourth-order valence-corrected chi connectivity index (χ4v) is 2.32. The third-order valence-corrected chi connectivity index (χ3v) is 3.33. The summed E-state index contributed by atoms with van der Waals surface area (Å²) >= 11 is 0. The van der Waals surface area contributed by atoms with Gasteiger partial charge in [0.2, 0.25) is 5.82 Å². The van der Waals surface area contributed by atoms with E-state index in [1.54, 1.807) is 26.1 Å². The third-order valence-electron chi connectivity index (χ3n) is 3.33. The molecule has 20 heavy (non-hydrogen) atoms. The monoisotopic (exact) mass is 280 g/mol. The van der Waals surface area contributed by atoms with Crippen LogP contribution in [0, 0.1) is 16.0 Å². The van der Waals surface area contributed by atoms with Crippen molar-refractivity contribution in [1.82, 2.24) is 9.78 Å². The quantitative estimate of drug-likeness (QED) is 0.478. The van der Waals surface area contributed by atoms with E-state index < -0.39 is 16.8 Å². The van der Waals surface area contributed by atoms with Crippen molar-refractivity contribution in [2.45, 2.75) is 25.8 Å². The summed E-state index contributed by atoms with van der Waals surface area (Å²) in [4.78, 5) is 21.6. The van der Waals surface area contributed by atoms with E-state index in [0.29, 0.717) is 24.4 Å². The lowest BCUT2D eigenvalue weighted by Gasteiger charge is -2.12. The first-order valence-electron chi connectivity index (χ1n) is 6.32. The van der Waals surface area contributed by atoms with Gasteiger partial charge in [-0.3, -0.25) is 14.9 Å². The highest BCUT2D eigenvalue weighted by atomic mass is 16.6. The zero-order chi connectivity index (χ0) is 14.9. The molecule has 0 saturated carbocycles. The summed E-state index contributed by atoms with van der Waals surface area (Å²) in [6.45, 7) is 1.80. The van der Waals surface area contributed by atoms with Crippen molar-refractivity contribution in [2.24, 2.45) is 13.0 Å². The number of aromatic nitrogens is 2. The minimum absolute atomic E-state index is 0.0397. The lowest BCUT2D eigenvalue weighted by molar-refractivity contribution is -0.384. The first kappa shape index (κ1) is 14.0. The summed E-state index contributed by atoms with van der Waals surface area (Å²) in [5.41, 5.74) is 0.374. The number of carbonyl (C=O) groups is 1. The molecule has 0 fully saturated rings. The van der Waals surface area contributed by atoms with Crippen molar-refractivity contribution < 1.29 is 14.8 Å². The van der Waals surface area contributed by atoms with Crippen LogP contribution in [0.15, 0.2) is 12.2 Å². The van der Waals surface area contributed by atoms with Gasteiger partial charge in [-0.1, -0.05) is 19.1 Å². The van der Waals surface area contributed by atoms with E-state index in [0.717, 1.165) is 0 Å². The number of carboxylic acid groups (broad SMARTS) is 1. The van der Waals surface area contributed by atoms with Crippen LogP contribution in [0.1, 0.15) is 19.0 Å². The number of hydrogen-bond donors (Lipinski definition) is 2. The van der Waals surface area contributed by atoms with E-state index in [9.17, 15) is 14.9 Å². The maximum atomic E-state index is 11.2. The molecule has 1 aliphatic carbocycles. The summed E-state index contributed by atoms with van der Waals surface area (Å²) in [5, 5.41) is 27.2. The Hall–Kier alpha value is -2.38. The van der Waals surface area contributed by atoms with Crippen LogP contribution in [0.4, 0.5) is 11.5 Å². The SMILES string of the molecule is CCc1nn(C)c(NC2C=CC(C(=O)O)C2)c1[N+](=O)[O-]. The topological polar surface area (TPSA) is 110 Å². The van der Waals surface area contributed by atoms with Crippen LogP contribution in [-0.2, 0) is 18.3 Å². The normalized spacial score (nSPS) is 21.1. The lowest BCUT2D eigenvalue weighted by Crippen LogP contribution is -2.20. The average molecular weight is 280 g/mol. The molecule has 0 saturated heterocycles. The van der Waals surface area contributed by atoms with Gasteiger partial charge in [-0.25, -0.2) is 4.68 Å². The number of nitrogens with one attached hydrogen (secondary N) is 1. The molecular weight excluding hydrogens is 264 g/mol. The largest absolute Gasteiger partial charge is 0.481 e. The van der Waals surface area contributed by atoms with Gasteiger partial charge in [0, 0.05) is 13.1 Å². The first-order chi connectivity index (χ1) is 9.43. The molecule has 0 amide bonds. The average Bonchev–Trinajstić information content (AvgIpc) is 2.95. The summed E-state index contributed by atoms with van der Waals surface area (Å²) in [5.74, 6) is -1.13. The maximum Gasteiger partial charge on any atom is 0.333 e. The molecule has 0 spiro atoms. The number of rotatable bonds is 5. The number of aryl methyl sites for hydroxylation is 2. The second kappa shape index (κ2) is 5.32. The molecule has 0 aromatic carbocycles. The highest BCUT2D eigenvalue weighted by molar-refractivity contribution is 5.73. The lowest BCUT2D eigenvalue weighted by atomic mass is 10.1. The van der Waals surface area contributed by atoms with E-state index in [1.807, 2.05) is 0 Å². The molecule has 1 aromatic heterocycles. The predicted molar refractivity (Wildman–Crippen MR) is 71.5 cm³/mol. The number of carboxylic acids is 1. The van der Waals surface area contributed by atoms with E-state index >= 15 is 0 Å². The summed E-state index contributed by atoms with van der Waals surface area (Å²) in [6, 6.07) is -0.241. The third kappa shape index (κ3) is 2.49. The minimum atomic E-state index is -0.890. The Balaban J connectivity index is 2.22. The Labute approximate surface area is 115 Å². The van der Waals surface area contributed by atoms with E-state index in [1.165, 1.54) is 4.68 Å². The van der Waals surface area contributed by atoms with Crippen molar-refractivity contribution in [3.8, 4) is 0 Å². The van der Waals surface area contributed by atoms with Crippen LogP contribution in [-0.4, -0.2) is 31.8 Å². The Kier molecular flexibility index (Phi) is 3.73. The van der Waals surface area contributed by atoms with Crippen LogP contribution in [0.5, 0.6) is 0 Å². The number of anilines is 1. The van der Waals surface area contributed by atoms with Crippen LogP contribution in [0.25, 0.3) is 0 Å². The summed E-state index contributed by atoms with van der Waals surface area (Å²) in [6.07, 6.45) is 4.16. The van der Waals surface area contributed by atoms with Gasteiger partial charge in [0.15, 0.2) is 0 Å². The Bertz CT molecular complexity index is 578. The molecule has 108 valence electrons. The fourth-order valence-electron chi connectivity index (χ4n) is 2.32. The van der Waals surface area contributed by atoms with Gasteiger partial charge < -0.3 is 10.4 Å². The van der Waals surface area contributed by atoms with E-state index in [-0.39, 0.29) is 11.7 Å². The molecule has 2 atom stereocenters. The molecule has 0 aliphatic heterocycles. The van der Waals surface area contributed by atoms with E-state index in [2.05, 4.69) is 10.4 Å². The van der Waals surface area contributed by atoms with Gasteiger partial charge in [0.05, 0.1) is 10.8 Å². The molecule has 1 aliphatic rings. The van der Waals surface area contributed by atoms with Crippen molar-refractivity contribution in [3.63, 3.8) is 0 Å². The van der Waals surface area contributed by atoms with Crippen LogP contribution in [0.3, 0.4) is 0 Å². The zero-order valence-electron chi connectivity index (χ0n) is 11.2. The second-order valence-electron chi connectivity index (χ2n) is 4.69. The molecule has 2 unspecified atom stereocenters. The molecule has 0 radical (unpaired) electrons. The molecule has 8 heteroatoms. The van der Waals surface area contributed by atoms with E-state index in [4.69, 9.17) is 5.11 Å². The number of hydrogen-bond acceptors (Lipinski definition) is 5. The summed E-state index contributed by atoms with van der Waals surface area (Å²) in [7, 11) is 1.63. The Morgan fingerprint density at radius 2 is 2.35 bits per heavy atom. The van der Waals surface area contributed by atoms with Crippen LogP contribution in [0.2, 0.25) is 0 Å². The Morgan fingerprint density at radius 3 is 2.85 bits per heavy atom. The molecular formula is C12H16N4O4. The standard InChI is InChI=1S/C12H16N4O4/c1-3-9-10(16(19)20)11(15(2)14-9)13-8-5-4-7(6-8)12(17)18/h4-5,7-8,13H,3,6H2,1-2H3,(H,17,18). The second-order valence-corrected chi connectivity index (χ2v) is 4.69. The van der Waals surface area contributed by atoms with Crippen LogP contribution >= 0.6 is 0 Å². The number of aliphatic carboxylic acids is 1. The van der Waals surface area contributed by atoms with Gasteiger partial charge in [-0.05, 0) is 12.8 Å². The molecule has 2 rings (SSSR count). The van der Waals surface area contributed by atoms with Crippen molar-refractivity contribution in [2.75, 3.05) is 5.32 Å². The zero-order valence-corrected chi connectivity index (χ0v) is 11.2. The molecule has 8 nitrogen and oxygen atoms in total. The van der Waals surface area contributed by atoms with Crippen LogP contribution < -0.4 is 5.32 Å². The van der Waals surface area contributed by atoms with Gasteiger partial charge in [-0.15, -0.1) is 0 Å². The highest BCUT2D eigenvalue weighted by Gasteiger charge is 2.30. The number of nitro groups is 1. The summed E-state index contributed by atoms with van der Waals surface area (Å²) < 4.78 is 1.43. The smallest absolute Gasteiger partial charge is 0.333 e. The van der Waals surface area contributed by atoms with Gasteiger partial charge in [0.25, 0.3) is 0 Å². The van der Waals surface area contributed by atoms with Gasteiger partial charge in [-0.2, -0.15) is 5.10 Å². The van der Waals surface area contributed by atoms with Gasteiger partial charge >= 0.3 is 11.7 Å². The Morgan fingerprint density at radius 1 is 1.65 bits per heavy atom. The predicted octanol–water partition coefficient (Wildman–Crippen LogP) is 1.33. The molecule has 1 aromatic rings. The molecule has 0 bridgehead atoms. The van der Waals surface area contributed by atoms with Gasteiger partial charge in [0.1, 0.15) is 5.69 Å². The molecule has 1 heterocycles. The highest BCUT2D eigenvalue weighted by Crippen LogP contribution is 2.31. The number of nitrogens with zero attached hydrogens (tertiary/aromatic N) is 3. The van der Waals surface area contributed by atoms with Crippen molar-refractivity contribution >= 4 is 17.5 Å². The van der Waals surface area contributed by atoms with Crippen molar-refractivity contribution in [3.05, 3.63) is 28.0 Å².